The molecule has 1 atom stereocenters. The minimum absolute atomic E-state index is 0.175. The Morgan fingerprint density at radius 2 is 2.00 bits per heavy atom. The molecule has 0 aromatic rings. The van der Waals surface area contributed by atoms with Crippen LogP contribution >= 0.6 is 0 Å². The molecule has 0 saturated heterocycles. The number of hydrogen-bond acceptors (Lipinski definition) is 3. The summed E-state index contributed by atoms with van der Waals surface area (Å²) >= 11 is 0. The number of sulfonamides is 1. The van der Waals surface area contributed by atoms with Gasteiger partial charge in [-0.3, -0.25) is 0 Å². The fourth-order valence-electron chi connectivity index (χ4n) is 1.61. The molecular formula is C10H22N2O2S. The fourth-order valence-corrected chi connectivity index (χ4v) is 2.62. The first-order chi connectivity index (χ1) is 6.87. The molecule has 0 radical (unpaired) electrons. The van der Waals surface area contributed by atoms with Crippen molar-refractivity contribution in [1.29, 1.82) is 0 Å². The lowest BCUT2D eigenvalue weighted by atomic mass is 10.1. The van der Waals surface area contributed by atoms with Crippen LogP contribution in [0.4, 0.5) is 0 Å². The minimum atomic E-state index is -3.07. The van der Waals surface area contributed by atoms with Crippen molar-refractivity contribution in [1.82, 2.24) is 10.0 Å². The maximum Gasteiger partial charge on any atom is 0.212 e. The van der Waals surface area contributed by atoms with Crippen LogP contribution in [-0.2, 0) is 10.0 Å². The molecule has 0 aromatic carbocycles. The van der Waals surface area contributed by atoms with Crippen molar-refractivity contribution in [2.45, 2.75) is 27.2 Å². The van der Waals surface area contributed by atoms with Crippen LogP contribution in [0.1, 0.15) is 27.2 Å². The molecule has 1 unspecified atom stereocenters. The molecule has 0 amide bonds. The van der Waals surface area contributed by atoms with Gasteiger partial charge in [0.15, 0.2) is 0 Å². The second-order valence-corrected chi connectivity index (χ2v) is 6.84. The zero-order valence-electron chi connectivity index (χ0n) is 9.84. The van der Waals surface area contributed by atoms with E-state index in [9.17, 15) is 8.42 Å². The second kappa shape index (κ2) is 4.80. The Bertz CT molecular complexity index is 299. The van der Waals surface area contributed by atoms with E-state index in [0.717, 1.165) is 13.0 Å². The number of nitrogens with one attached hydrogen (secondary N) is 2. The molecule has 5 heteroatoms. The van der Waals surface area contributed by atoms with E-state index in [4.69, 9.17) is 0 Å². The molecule has 1 saturated carbocycles. The second-order valence-electron chi connectivity index (χ2n) is 4.91. The summed E-state index contributed by atoms with van der Waals surface area (Å²) in [5.41, 5.74) is 0.337. The predicted octanol–water partition coefficient (Wildman–Crippen LogP) is 0.561. The van der Waals surface area contributed by atoms with E-state index >= 15 is 0 Å². The number of rotatable bonds is 7. The third-order valence-corrected chi connectivity index (χ3v) is 4.41. The summed E-state index contributed by atoms with van der Waals surface area (Å²) in [5.74, 6) is 0.694. The summed E-state index contributed by atoms with van der Waals surface area (Å²) in [6.07, 6.45) is 1.13. The summed E-state index contributed by atoms with van der Waals surface area (Å²) < 4.78 is 25.7. The Hall–Kier alpha value is -0.130. The van der Waals surface area contributed by atoms with Gasteiger partial charge in [-0.1, -0.05) is 20.8 Å². The lowest BCUT2D eigenvalue weighted by Crippen LogP contribution is -2.33. The van der Waals surface area contributed by atoms with Gasteiger partial charge >= 0.3 is 0 Å². The highest BCUT2D eigenvalue weighted by atomic mass is 32.2. The quantitative estimate of drug-likeness (QED) is 0.633. The monoisotopic (exact) mass is 234 g/mol. The Balaban J connectivity index is 2.19. The molecule has 1 fully saturated rings. The maximum absolute atomic E-state index is 11.5. The van der Waals surface area contributed by atoms with E-state index in [2.05, 4.69) is 23.9 Å². The van der Waals surface area contributed by atoms with Gasteiger partial charge in [0.2, 0.25) is 10.0 Å². The van der Waals surface area contributed by atoms with E-state index in [-0.39, 0.29) is 5.75 Å². The van der Waals surface area contributed by atoms with Gasteiger partial charge in [-0.25, -0.2) is 13.1 Å². The van der Waals surface area contributed by atoms with Crippen molar-refractivity contribution < 1.29 is 8.42 Å². The topological polar surface area (TPSA) is 58.2 Å². The van der Waals surface area contributed by atoms with Crippen LogP contribution in [-0.4, -0.2) is 33.8 Å². The molecule has 1 rings (SSSR count). The highest BCUT2D eigenvalue weighted by Crippen LogP contribution is 2.51. The molecule has 90 valence electrons. The molecule has 0 spiro atoms. The van der Waals surface area contributed by atoms with Gasteiger partial charge in [0.05, 0.1) is 5.75 Å². The fraction of sp³-hybridized carbons (Fsp3) is 1.00. The first-order valence-corrected chi connectivity index (χ1v) is 7.20. The highest BCUT2D eigenvalue weighted by Gasteiger charge is 2.45. The lowest BCUT2D eigenvalue weighted by Gasteiger charge is -2.07. The van der Waals surface area contributed by atoms with Gasteiger partial charge < -0.3 is 5.32 Å². The van der Waals surface area contributed by atoms with Crippen molar-refractivity contribution >= 4 is 10.0 Å². The van der Waals surface area contributed by atoms with Gasteiger partial charge in [-0.2, -0.15) is 0 Å². The summed E-state index contributed by atoms with van der Waals surface area (Å²) in [6, 6.07) is 0. The van der Waals surface area contributed by atoms with Gasteiger partial charge in [-0.05, 0) is 24.3 Å². The van der Waals surface area contributed by atoms with Crippen LogP contribution < -0.4 is 10.0 Å². The Morgan fingerprint density at radius 3 is 2.47 bits per heavy atom. The molecule has 1 aliphatic rings. The SMILES string of the molecule is CCNCCS(=O)(=O)NCC1CC1(C)C. The third kappa shape index (κ3) is 4.49. The first-order valence-electron chi connectivity index (χ1n) is 5.55. The average Bonchev–Trinajstić information content (AvgIpc) is 2.71. The molecule has 2 N–H and O–H groups in total. The Labute approximate surface area is 92.9 Å². The molecule has 0 bridgehead atoms. The zero-order chi connectivity index (χ0) is 11.5. The predicted molar refractivity (Wildman–Crippen MR) is 62.2 cm³/mol. The number of hydrogen-bond donors (Lipinski definition) is 2. The van der Waals surface area contributed by atoms with Crippen molar-refractivity contribution in [2.24, 2.45) is 11.3 Å². The molecule has 15 heavy (non-hydrogen) atoms. The summed E-state index contributed by atoms with van der Waals surface area (Å²) in [6.45, 7) is 8.24. The molecule has 1 aliphatic carbocycles. The third-order valence-electron chi connectivity index (χ3n) is 3.06. The molecule has 0 aromatic heterocycles. The standard InChI is InChI=1S/C10H22N2O2S/c1-4-11-5-6-15(13,14)12-8-9-7-10(9,2)3/h9,11-12H,4-8H2,1-3H3. The maximum atomic E-state index is 11.5. The molecular weight excluding hydrogens is 212 g/mol. The summed E-state index contributed by atoms with van der Waals surface area (Å²) in [5, 5.41) is 3.00. The first kappa shape index (κ1) is 12.9. The van der Waals surface area contributed by atoms with Crippen molar-refractivity contribution in [2.75, 3.05) is 25.4 Å². The van der Waals surface area contributed by atoms with E-state index in [1.165, 1.54) is 0 Å². The van der Waals surface area contributed by atoms with Gasteiger partial charge in [0, 0.05) is 13.1 Å². The average molecular weight is 234 g/mol. The molecule has 0 heterocycles. The molecule has 0 aliphatic heterocycles. The van der Waals surface area contributed by atoms with E-state index in [1.807, 2.05) is 6.92 Å². The van der Waals surface area contributed by atoms with Crippen molar-refractivity contribution in [3.05, 3.63) is 0 Å². The van der Waals surface area contributed by atoms with Gasteiger partial charge in [0.25, 0.3) is 0 Å². The van der Waals surface area contributed by atoms with Crippen LogP contribution in [0.2, 0.25) is 0 Å². The summed E-state index contributed by atoms with van der Waals surface area (Å²) in [7, 11) is -3.07. The summed E-state index contributed by atoms with van der Waals surface area (Å²) in [4.78, 5) is 0. The Morgan fingerprint density at radius 1 is 1.40 bits per heavy atom. The van der Waals surface area contributed by atoms with Crippen molar-refractivity contribution in [3.8, 4) is 0 Å². The van der Waals surface area contributed by atoms with Crippen LogP contribution in [0.5, 0.6) is 0 Å². The largest absolute Gasteiger partial charge is 0.316 e. The van der Waals surface area contributed by atoms with Gasteiger partial charge in [-0.15, -0.1) is 0 Å². The van der Waals surface area contributed by atoms with Crippen molar-refractivity contribution in [3.63, 3.8) is 0 Å². The van der Waals surface area contributed by atoms with Gasteiger partial charge in [0.1, 0.15) is 0 Å². The normalized spacial score (nSPS) is 24.1. The van der Waals surface area contributed by atoms with E-state index in [1.54, 1.807) is 0 Å². The Kier molecular flexibility index (Phi) is 4.14. The lowest BCUT2D eigenvalue weighted by molar-refractivity contribution is 0.536. The van der Waals surface area contributed by atoms with Crippen LogP contribution in [0.15, 0.2) is 0 Å². The van der Waals surface area contributed by atoms with Crippen LogP contribution in [0.25, 0.3) is 0 Å². The molecule has 4 nitrogen and oxygen atoms in total. The van der Waals surface area contributed by atoms with Crippen LogP contribution in [0, 0.1) is 11.3 Å². The zero-order valence-corrected chi connectivity index (χ0v) is 10.7. The highest BCUT2D eigenvalue weighted by molar-refractivity contribution is 7.89. The smallest absolute Gasteiger partial charge is 0.212 e. The minimum Gasteiger partial charge on any atom is -0.316 e. The van der Waals surface area contributed by atoms with E-state index in [0.29, 0.717) is 24.4 Å². The van der Waals surface area contributed by atoms with Crippen LogP contribution in [0.3, 0.4) is 0 Å². The van der Waals surface area contributed by atoms with E-state index < -0.39 is 10.0 Å².